The van der Waals surface area contributed by atoms with Crippen molar-refractivity contribution >= 4 is 16.8 Å². The van der Waals surface area contributed by atoms with Crippen molar-refractivity contribution in [2.24, 2.45) is 0 Å². The van der Waals surface area contributed by atoms with Crippen molar-refractivity contribution in [2.75, 3.05) is 45.8 Å². The first-order valence-electron chi connectivity index (χ1n) is 12.1. The van der Waals surface area contributed by atoms with Crippen molar-refractivity contribution in [1.29, 1.82) is 0 Å². The summed E-state index contributed by atoms with van der Waals surface area (Å²) in [6, 6.07) is 9.82. The number of carbonyl (C=O) groups excluding carboxylic acids is 1. The number of hydrogen-bond donors (Lipinski definition) is 0. The number of amides is 1. The van der Waals surface area contributed by atoms with Crippen LogP contribution in [-0.2, 0) is 0 Å². The van der Waals surface area contributed by atoms with E-state index in [1.807, 2.05) is 6.07 Å². The van der Waals surface area contributed by atoms with Crippen molar-refractivity contribution in [3.05, 3.63) is 36.0 Å². The summed E-state index contributed by atoms with van der Waals surface area (Å²) in [4.78, 5) is 20.4. The third-order valence-corrected chi connectivity index (χ3v) is 7.73. The van der Waals surface area contributed by atoms with Gasteiger partial charge in [0.1, 0.15) is 0 Å². The Balaban J connectivity index is 1.27. The van der Waals surface area contributed by atoms with E-state index in [2.05, 4.69) is 50.6 Å². The molecule has 1 saturated carbocycles. The van der Waals surface area contributed by atoms with Gasteiger partial charge in [-0.25, -0.2) is 0 Å². The number of fused-ring (bicyclic) bond motifs is 1. The molecule has 1 aliphatic carbocycles. The van der Waals surface area contributed by atoms with Crippen LogP contribution < -0.4 is 0 Å². The van der Waals surface area contributed by atoms with Gasteiger partial charge in [-0.1, -0.05) is 19.8 Å². The first kappa shape index (κ1) is 20.1. The van der Waals surface area contributed by atoms with Gasteiger partial charge in [-0.3, -0.25) is 9.69 Å². The summed E-state index contributed by atoms with van der Waals surface area (Å²) in [5.74, 6) is 0.200. The van der Waals surface area contributed by atoms with E-state index in [0.717, 1.165) is 50.9 Å². The summed E-state index contributed by atoms with van der Waals surface area (Å²) in [6.07, 6.45) is 10.2. The van der Waals surface area contributed by atoms with Crippen molar-refractivity contribution < 1.29 is 4.79 Å². The number of carbonyl (C=O) groups is 1. The molecule has 162 valence electrons. The lowest BCUT2D eigenvalue weighted by Crippen LogP contribution is -2.51. The molecule has 30 heavy (non-hydrogen) atoms. The number of nitrogens with zero attached hydrogens (tertiary/aromatic N) is 4. The summed E-state index contributed by atoms with van der Waals surface area (Å²) >= 11 is 0. The van der Waals surface area contributed by atoms with Gasteiger partial charge in [-0.2, -0.15) is 0 Å². The highest BCUT2D eigenvalue weighted by Gasteiger charge is 2.28. The molecule has 3 aliphatic rings. The molecule has 1 amide bonds. The molecule has 3 heterocycles. The summed E-state index contributed by atoms with van der Waals surface area (Å²) in [5, 5.41) is 1.19. The van der Waals surface area contributed by atoms with Gasteiger partial charge in [0.05, 0.1) is 0 Å². The molecule has 0 bridgehead atoms. The van der Waals surface area contributed by atoms with Crippen LogP contribution >= 0.6 is 0 Å². The second-order valence-corrected chi connectivity index (χ2v) is 9.45. The van der Waals surface area contributed by atoms with E-state index in [1.54, 1.807) is 0 Å². The van der Waals surface area contributed by atoms with Gasteiger partial charge in [0.25, 0.3) is 5.91 Å². The maximum Gasteiger partial charge on any atom is 0.253 e. The zero-order valence-electron chi connectivity index (χ0n) is 18.4. The van der Waals surface area contributed by atoms with Crippen LogP contribution in [0.3, 0.4) is 0 Å². The molecule has 3 fully saturated rings. The van der Waals surface area contributed by atoms with E-state index in [1.165, 1.54) is 56.0 Å². The average molecular weight is 409 g/mol. The molecule has 1 atom stereocenters. The maximum atomic E-state index is 13.2. The van der Waals surface area contributed by atoms with Crippen LogP contribution in [0.1, 0.15) is 61.8 Å². The number of likely N-dealkylation sites (tertiary alicyclic amines) is 1. The standard InChI is InChI=1S/C25H36N4O/c1-2-26-12-5-8-23(19-26)29-13-11-20-18-21(9-10-24(20)29)25(30)28-16-14-27(15-17-28)22-6-3-4-7-22/h9-11,13,18,22-23H,2-8,12,14-17,19H2,1H3. The third-order valence-electron chi connectivity index (χ3n) is 7.73. The van der Waals surface area contributed by atoms with Gasteiger partial charge >= 0.3 is 0 Å². The number of rotatable bonds is 4. The van der Waals surface area contributed by atoms with Crippen molar-refractivity contribution in [2.45, 2.75) is 57.5 Å². The van der Waals surface area contributed by atoms with E-state index in [-0.39, 0.29) is 5.91 Å². The largest absolute Gasteiger partial charge is 0.343 e. The number of piperidine rings is 1. The van der Waals surface area contributed by atoms with Gasteiger partial charge in [0, 0.05) is 67.5 Å². The molecular weight excluding hydrogens is 372 g/mol. The molecule has 0 spiro atoms. The minimum atomic E-state index is 0.200. The number of hydrogen-bond acceptors (Lipinski definition) is 3. The molecule has 1 aromatic carbocycles. The summed E-state index contributed by atoms with van der Waals surface area (Å²) in [6.45, 7) is 9.52. The smallest absolute Gasteiger partial charge is 0.253 e. The average Bonchev–Trinajstić information content (AvgIpc) is 3.48. The van der Waals surface area contributed by atoms with Crippen molar-refractivity contribution in [1.82, 2.24) is 19.3 Å². The normalized spacial score (nSPS) is 24.7. The molecule has 5 nitrogen and oxygen atoms in total. The van der Waals surface area contributed by atoms with Crippen LogP contribution in [0.15, 0.2) is 30.5 Å². The Bertz CT molecular complexity index is 876. The predicted octanol–water partition coefficient (Wildman–Crippen LogP) is 4.00. The second-order valence-electron chi connectivity index (χ2n) is 9.45. The van der Waals surface area contributed by atoms with Crippen LogP contribution in [-0.4, -0.2) is 77.0 Å². The lowest BCUT2D eigenvalue weighted by molar-refractivity contribution is 0.0573. The monoisotopic (exact) mass is 408 g/mol. The highest BCUT2D eigenvalue weighted by molar-refractivity contribution is 5.98. The highest BCUT2D eigenvalue weighted by Crippen LogP contribution is 2.28. The van der Waals surface area contributed by atoms with Gasteiger partial charge in [-0.15, -0.1) is 0 Å². The lowest BCUT2D eigenvalue weighted by Gasteiger charge is -2.38. The van der Waals surface area contributed by atoms with E-state index in [9.17, 15) is 4.79 Å². The summed E-state index contributed by atoms with van der Waals surface area (Å²) in [5.41, 5.74) is 2.11. The molecule has 0 N–H and O–H groups in total. The minimum absolute atomic E-state index is 0.200. The first-order chi connectivity index (χ1) is 14.7. The van der Waals surface area contributed by atoms with E-state index >= 15 is 0 Å². The zero-order valence-corrected chi connectivity index (χ0v) is 18.4. The van der Waals surface area contributed by atoms with E-state index in [4.69, 9.17) is 0 Å². The molecule has 2 saturated heterocycles. The van der Waals surface area contributed by atoms with Gasteiger partial charge < -0.3 is 14.4 Å². The Labute approximate surface area is 180 Å². The minimum Gasteiger partial charge on any atom is -0.343 e. The zero-order chi connectivity index (χ0) is 20.5. The van der Waals surface area contributed by atoms with Gasteiger partial charge in [0.15, 0.2) is 0 Å². The first-order valence-corrected chi connectivity index (χ1v) is 12.1. The lowest BCUT2D eigenvalue weighted by atomic mass is 10.1. The Morgan fingerprint density at radius 3 is 2.47 bits per heavy atom. The van der Waals surface area contributed by atoms with Crippen molar-refractivity contribution in [3.8, 4) is 0 Å². The fourth-order valence-electron chi connectivity index (χ4n) is 5.90. The summed E-state index contributed by atoms with van der Waals surface area (Å²) in [7, 11) is 0. The fraction of sp³-hybridized carbons (Fsp3) is 0.640. The molecule has 1 unspecified atom stereocenters. The molecule has 0 radical (unpaired) electrons. The quantitative estimate of drug-likeness (QED) is 0.766. The number of benzene rings is 1. The Hall–Kier alpha value is -1.85. The van der Waals surface area contributed by atoms with Crippen LogP contribution in [0, 0.1) is 0 Å². The number of aromatic nitrogens is 1. The Kier molecular flexibility index (Phi) is 5.83. The van der Waals surface area contributed by atoms with Crippen LogP contribution in [0.2, 0.25) is 0 Å². The highest BCUT2D eigenvalue weighted by atomic mass is 16.2. The molecule has 5 heteroatoms. The molecule has 2 aromatic rings. The van der Waals surface area contributed by atoms with Crippen LogP contribution in [0.25, 0.3) is 10.9 Å². The Morgan fingerprint density at radius 2 is 1.70 bits per heavy atom. The molecule has 2 aliphatic heterocycles. The van der Waals surface area contributed by atoms with Gasteiger partial charge in [0.2, 0.25) is 0 Å². The summed E-state index contributed by atoms with van der Waals surface area (Å²) < 4.78 is 2.44. The number of likely N-dealkylation sites (N-methyl/N-ethyl adjacent to an activating group) is 1. The molecular formula is C25H36N4O. The van der Waals surface area contributed by atoms with Crippen molar-refractivity contribution in [3.63, 3.8) is 0 Å². The van der Waals surface area contributed by atoms with Gasteiger partial charge in [-0.05, 0) is 63.0 Å². The van der Waals surface area contributed by atoms with Crippen LogP contribution in [0.4, 0.5) is 0 Å². The SMILES string of the molecule is CCN1CCCC(n2ccc3cc(C(=O)N4CCN(C5CCCC5)CC4)ccc32)C1. The molecule has 1 aromatic heterocycles. The molecule has 5 rings (SSSR count). The Morgan fingerprint density at radius 1 is 0.933 bits per heavy atom. The number of piperazine rings is 1. The maximum absolute atomic E-state index is 13.2. The topological polar surface area (TPSA) is 31.7 Å². The van der Waals surface area contributed by atoms with E-state index < -0.39 is 0 Å². The fourth-order valence-corrected chi connectivity index (χ4v) is 5.90. The third kappa shape index (κ3) is 3.90. The van der Waals surface area contributed by atoms with Crippen LogP contribution in [0.5, 0.6) is 0 Å². The second kappa shape index (κ2) is 8.72. The van der Waals surface area contributed by atoms with E-state index in [0.29, 0.717) is 6.04 Å². The predicted molar refractivity (Wildman–Crippen MR) is 122 cm³/mol.